The number of carbonyl (C=O) groups is 1. The Hall–Kier alpha value is -2.35. The predicted octanol–water partition coefficient (Wildman–Crippen LogP) is 1.67. The lowest BCUT2D eigenvalue weighted by Gasteiger charge is -2.27. The summed E-state index contributed by atoms with van der Waals surface area (Å²) >= 11 is 0. The molecule has 0 aromatic carbocycles. The highest BCUT2D eigenvalue weighted by molar-refractivity contribution is 5.92. The first-order chi connectivity index (χ1) is 12.6. The van der Waals surface area contributed by atoms with Crippen LogP contribution in [-0.2, 0) is 18.2 Å². The molecule has 2 aliphatic rings. The molecule has 0 radical (unpaired) electrons. The minimum atomic E-state index is -0.174. The van der Waals surface area contributed by atoms with E-state index in [1.807, 2.05) is 24.3 Å². The molecule has 1 aliphatic carbocycles. The Morgan fingerprint density at radius 3 is 2.88 bits per heavy atom. The molecule has 0 bridgehead atoms. The minimum Gasteiger partial charge on any atom is -0.479 e. The van der Waals surface area contributed by atoms with Gasteiger partial charge in [-0.3, -0.25) is 9.48 Å². The predicted molar refractivity (Wildman–Crippen MR) is 91.9 cm³/mol. The number of aryl methyl sites for hydroxylation is 1. The molecular formula is C18H24N4O4. The van der Waals surface area contributed by atoms with Crippen molar-refractivity contribution >= 4 is 5.91 Å². The van der Waals surface area contributed by atoms with Gasteiger partial charge in [-0.15, -0.1) is 0 Å². The first kappa shape index (κ1) is 17.1. The molecule has 8 nitrogen and oxygen atoms in total. The molecule has 140 valence electrons. The minimum absolute atomic E-state index is 0.0320. The molecule has 3 heterocycles. The zero-order valence-corrected chi connectivity index (χ0v) is 15.1. The fourth-order valence-electron chi connectivity index (χ4n) is 3.47. The highest BCUT2D eigenvalue weighted by Gasteiger charge is 2.40. The van der Waals surface area contributed by atoms with Crippen molar-refractivity contribution in [2.24, 2.45) is 13.0 Å². The lowest BCUT2D eigenvalue weighted by Crippen LogP contribution is -2.42. The third-order valence-corrected chi connectivity index (χ3v) is 5.10. The molecule has 0 unspecified atom stereocenters. The maximum absolute atomic E-state index is 12.9. The van der Waals surface area contributed by atoms with E-state index >= 15 is 0 Å². The van der Waals surface area contributed by atoms with Crippen LogP contribution in [0.25, 0.3) is 0 Å². The quantitative estimate of drug-likeness (QED) is 0.747. The summed E-state index contributed by atoms with van der Waals surface area (Å²) in [5, 5.41) is 7.97. The third kappa shape index (κ3) is 3.60. The zero-order chi connectivity index (χ0) is 18.1. The molecule has 2 atom stereocenters. The second kappa shape index (κ2) is 7.11. The average molecular weight is 360 g/mol. The highest BCUT2D eigenvalue weighted by Crippen LogP contribution is 2.32. The fourth-order valence-corrected chi connectivity index (χ4v) is 3.47. The summed E-state index contributed by atoms with van der Waals surface area (Å²) in [6.45, 7) is 1.43. The molecule has 1 aliphatic heterocycles. The van der Waals surface area contributed by atoms with Gasteiger partial charge in [0.05, 0.1) is 31.5 Å². The summed E-state index contributed by atoms with van der Waals surface area (Å²) in [6.07, 6.45) is 7.90. The van der Waals surface area contributed by atoms with Gasteiger partial charge in [0.15, 0.2) is 0 Å². The van der Waals surface area contributed by atoms with E-state index < -0.39 is 0 Å². The first-order valence-corrected chi connectivity index (χ1v) is 9.05. The van der Waals surface area contributed by atoms with Crippen LogP contribution in [0.2, 0.25) is 0 Å². The number of hydrogen-bond acceptors (Lipinski definition) is 6. The van der Waals surface area contributed by atoms with Crippen LogP contribution in [0.4, 0.5) is 0 Å². The van der Waals surface area contributed by atoms with Crippen molar-refractivity contribution < 1.29 is 18.8 Å². The summed E-state index contributed by atoms with van der Waals surface area (Å²) in [5.41, 5.74) is 1.09. The van der Waals surface area contributed by atoms with Crippen molar-refractivity contribution in [3.63, 3.8) is 0 Å². The first-order valence-electron chi connectivity index (χ1n) is 9.05. The molecule has 2 aromatic heterocycles. The SMILES string of the molecule is COc1cc(C(=O)N2CC[C@@H](OCC3CC3)[C@@H]2Cc2cnn(C)c2)on1. The van der Waals surface area contributed by atoms with Gasteiger partial charge in [0.25, 0.3) is 11.8 Å². The van der Waals surface area contributed by atoms with E-state index in [9.17, 15) is 4.79 Å². The Bertz CT molecular complexity index is 767. The average Bonchev–Trinajstić information content (AvgIpc) is 3.03. The van der Waals surface area contributed by atoms with E-state index in [2.05, 4.69) is 10.3 Å². The molecule has 4 rings (SSSR count). The Kier molecular flexibility index (Phi) is 4.67. The van der Waals surface area contributed by atoms with Gasteiger partial charge in [-0.25, -0.2) is 0 Å². The number of hydrogen-bond donors (Lipinski definition) is 0. The standard InChI is InChI=1S/C18H24N4O4/c1-21-10-13(9-19-21)7-14-15(25-11-12-3-4-12)5-6-22(14)18(23)16-8-17(24-2)20-26-16/h8-10,12,14-15H,3-7,11H2,1-2H3/t14-,15+/m0/s1. The van der Waals surface area contributed by atoms with Crippen molar-refractivity contribution in [1.29, 1.82) is 0 Å². The normalized spacial score (nSPS) is 22.8. The van der Waals surface area contributed by atoms with Gasteiger partial charge in [-0.1, -0.05) is 0 Å². The van der Waals surface area contributed by atoms with Crippen LogP contribution in [0.5, 0.6) is 5.88 Å². The molecular weight excluding hydrogens is 336 g/mol. The van der Waals surface area contributed by atoms with Crippen molar-refractivity contribution in [3.8, 4) is 5.88 Å². The molecule has 26 heavy (non-hydrogen) atoms. The largest absolute Gasteiger partial charge is 0.479 e. The lowest BCUT2D eigenvalue weighted by atomic mass is 10.0. The molecule has 8 heteroatoms. The maximum Gasteiger partial charge on any atom is 0.292 e. The van der Waals surface area contributed by atoms with Gasteiger partial charge in [-0.05, 0) is 42.3 Å². The van der Waals surface area contributed by atoms with Crippen LogP contribution in [-0.4, -0.2) is 58.2 Å². The van der Waals surface area contributed by atoms with Gasteiger partial charge < -0.3 is 18.9 Å². The molecule has 1 saturated heterocycles. The number of nitrogens with zero attached hydrogens (tertiary/aromatic N) is 4. The van der Waals surface area contributed by atoms with Crippen LogP contribution < -0.4 is 4.74 Å². The fraction of sp³-hybridized carbons (Fsp3) is 0.611. The molecule has 2 aromatic rings. The Morgan fingerprint density at radius 2 is 2.23 bits per heavy atom. The lowest BCUT2D eigenvalue weighted by molar-refractivity contribution is 0.0190. The van der Waals surface area contributed by atoms with Crippen LogP contribution in [0.3, 0.4) is 0 Å². The third-order valence-electron chi connectivity index (χ3n) is 5.10. The highest BCUT2D eigenvalue weighted by atomic mass is 16.5. The second-order valence-corrected chi connectivity index (χ2v) is 7.13. The smallest absolute Gasteiger partial charge is 0.292 e. The number of carbonyl (C=O) groups excluding carboxylic acids is 1. The Balaban J connectivity index is 1.51. The molecule has 1 amide bonds. The monoisotopic (exact) mass is 360 g/mol. The number of rotatable bonds is 7. The topological polar surface area (TPSA) is 82.6 Å². The summed E-state index contributed by atoms with van der Waals surface area (Å²) in [6, 6.07) is 1.49. The van der Waals surface area contributed by atoms with E-state index in [-0.39, 0.29) is 23.8 Å². The van der Waals surface area contributed by atoms with Crippen molar-refractivity contribution in [1.82, 2.24) is 19.8 Å². The van der Waals surface area contributed by atoms with Gasteiger partial charge in [0, 0.05) is 26.4 Å². The van der Waals surface area contributed by atoms with Gasteiger partial charge in [0.1, 0.15) is 0 Å². The number of methoxy groups -OCH3 is 1. The van der Waals surface area contributed by atoms with Crippen LogP contribution in [0.15, 0.2) is 23.0 Å². The zero-order valence-electron chi connectivity index (χ0n) is 15.1. The van der Waals surface area contributed by atoms with E-state index in [4.69, 9.17) is 14.0 Å². The van der Waals surface area contributed by atoms with Crippen molar-refractivity contribution in [2.75, 3.05) is 20.3 Å². The number of ether oxygens (including phenoxy) is 2. The maximum atomic E-state index is 12.9. The van der Waals surface area contributed by atoms with E-state index in [1.54, 1.807) is 4.68 Å². The van der Waals surface area contributed by atoms with Gasteiger partial charge >= 0.3 is 0 Å². The molecule has 2 fully saturated rings. The van der Waals surface area contributed by atoms with Crippen molar-refractivity contribution in [2.45, 2.75) is 37.8 Å². The van der Waals surface area contributed by atoms with Crippen molar-refractivity contribution in [3.05, 3.63) is 29.8 Å². The molecule has 1 saturated carbocycles. The number of likely N-dealkylation sites (tertiary alicyclic amines) is 1. The summed E-state index contributed by atoms with van der Waals surface area (Å²) in [7, 11) is 3.39. The van der Waals surface area contributed by atoms with E-state index in [1.165, 1.54) is 26.0 Å². The Morgan fingerprint density at radius 1 is 1.38 bits per heavy atom. The van der Waals surface area contributed by atoms with Gasteiger partial charge in [0.2, 0.25) is 5.76 Å². The van der Waals surface area contributed by atoms with Gasteiger partial charge in [-0.2, -0.15) is 5.10 Å². The van der Waals surface area contributed by atoms with E-state index in [0.29, 0.717) is 24.8 Å². The number of amides is 1. The van der Waals surface area contributed by atoms with Crippen LogP contribution >= 0.6 is 0 Å². The summed E-state index contributed by atoms with van der Waals surface area (Å²) in [4.78, 5) is 14.8. The summed E-state index contributed by atoms with van der Waals surface area (Å²) < 4.78 is 18.1. The molecule has 0 N–H and O–H groups in total. The Labute approximate surface area is 152 Å². The second-order valence-electron chi connectivity index (χ2n) is 7.13. The summed E-state index contributed by atoms with van der Waals surface area (Å²) in [5.74, 6) is 1.02. The molecule has 0 spiro atoms. The number of aromatic nitrogens is 3. The van der Waals surface area contributed by atoms with Crippen LogP contribution in [0.1, 0.15) is 35.4 Å². The van der Waals surface area contributed by atoms with E-state index in [0.717, 1.165) is 18.6 Å². The van der Waals surface area contributed by atoms with Crippen LogP contribution in [0, 0.1) is 5.92 Å².